The molecular weight excluding hydrogens is 637 g/mol. The second-order valence-corrected chi connectivity index (χ2v) is 13.0. The largest absolute Gasteiger partial charge is 0.497 e. The number of rotatable bonds is 15. The summed E-state index contributed by atoms with van der Waals surface area (Å²) in [4.78, 5) is 29.2. The third kappa shape index (κ3) is 9.55. The second kappa shape index (κ2) is 16.2. The number of carbonyl (C=O) groups is 2. The lowest BCUT2D eigenvalue weighted by Gasteiger charge is -2.32. The van der Waals surface area contributed by atoms with Crippen molar-refractivity contribution in [2.45, 2.75) is 42.8 Å². The molecule has 2 N–H and O–H groups in total. The molecule has 0 aromatic heterocycles. The van der Waals surface area contributed by atoms with Crippen LogP contribution in [0.15, 0.2) is 108 Å². The van der Waals surface area contributed by atoms with Crippen molar-refractivity contribution in [1.82, 2.24) is 10.2 Å². The highest BCUT2D eigenvalue weighted by atomic mass is 32.2. The van der Waals surface area contributed by atoms with E-state index in [1.54, 1.807) is 19.2 Å². The van der Waals surface area contributed by atoms with Gasteiger partial charge >= 0.3 is 0 Å². The van der Waals surface area contributed by atoms with E-state index in [1.807, 2.05) is 42.5 Å². The molecule has 1 aliphatic rings. The molecule has 48 heavy (non-hydrogen) atoms. The Morgan fingerprint density at radius 3 is 2.25 bits per heavy atom. The van der Waals surface area contributed by atoms with Crippen molar-refractivity contribution in [2.75, 3.05) is 31.6 Å². The average Bonchev–Trinajstić information content (AvgIpc) is 3.63. The van der Waals surface area contributed by atoms with Gasteiger partial charge in [0.15, 0.2) is 6.61 Å². The average molecular weight is 676 g/mol. The Morgan fingerprint density at radius 2 is 1.60 bits per heavy atom. The zero-order chi connectivity index (χ0) is 33.9. The number of ether oxygens (including phenoxy) is 3. The first-order valence-corrected chi connectivity index (χ1v) is 17.1. The lowest BCUT2D eigenvalue weighted by atomic mass is 10.0. The van der Waals surface area contributed by atoms with Gasteiger partial charge in [0.1, 0.15) is 23.4 Å². The summed E-state index contributed by atoms with van der Waals surface area (Å²) in [6, 6.07) is 26.4. The number of amides is 2. The van der Waals surface area contributed by atoms with Crippen molar-refractivity contribution in [3.05, 3.63) is 120 Å². The second-order valence-electron chi connectivity index (χ2n) is 11.3. The summed E-state index contributed by atoms with van der Waals surface area (Å²) < 4.78 is 58.1. The first kappa shape index (κ1) is 34.4. The molecule has 0 unspecified atom stereocenters. The van der Waals surface area contributed by atoms with Crippen molar-refractivity contribution >= 4 is 27.5 Å². The van der Waals surface area contributed by atoms with Crippen molar-refractivity contribution < 1.29 is 36.6 Å². The van der Waals surface area contributed by atoms with E-state index in [2.05, 4.69) is 10.0 Å². The summed E-state index contributed by atoms with van der Waals surface area (Å²) in [5, 5.41) is 3.00. The molecule has 0 saturated carbocycles. The fourth-order valence-electron chi connectivity index (χ4n) is 5.29. The van der Waals surface area contributed by atoms with Crippen LogP contribution in [0.25, 0.3) is 0 Å². The normalized spacial score (nSPS) is 14.9. The highest BCUT2D eigenvalue weighted by Crippen LogP contribution is 2.22. The number of hydrogen-bond donors (Lipinski definition) is 2. The smallest absolute Gasteiger partial charge is 0.261 e. The highest BCUT2D eigenvalue weighted by Gasteiger charge is 2.31. The molecule has 4 aromatic rings. The summed E-state index contributed by atoms with van der Waals surface area (Å²) in [6.45, 7) is 0.727. The maximum absolute atomic E-state index is 13.9. The fourth-order valence-corrected chi connectivity index (χ4v) is 6.35. The number of nitrogens with zero attached hydrogens (tertiary/aromatic N) is 1. The topological polar surface area (TPSA) is 123 Å². The van der Waals surface area contributed by atoms with Gasteiger partial charge in [-0.15, -0.1) is 0 Å². The van der Waals surface area contributed by atoms with Gasteiger partial charge in [0.25, 0.3) is 15.9 Å². The van der Waals surface area contributed by atoms with Gasteiger partial charge in [-0.3, -0.25) is 14.3 Å². The number of benzene rings is 4. The van der Waals surface area contributed by atoms with Crippen LogP contribution < -0.4 is 19.5 Å². The van der Waals surface area contributed by atoms with E-state index in [0.29, 0.717) is 18.9 Å². The van der Waals surface area contributed by atoms with E-state index in [4.69, 9.17) is 14.2 Å². The Morgan fingerprint density at radius 1 is 0.917 bits per heavy atom. The summed E-state index contributed by atoms with van der Waals surface area (Å²) in [5.41, 5.74) is 1.88. The Hall–Kier alpha value is -4.94. The predicted octanol–water partition coefficient (Wildman–Crippen LogP) is 4.95. The van der Waals surface area contributed by atoms with Crippen molar-refractivity contribution in [2.24, 2.45) is 0 Å². The molecule has 2 amide bonds. The number of halogens is 1. The molecule has 252 valence electrons. The van der Waals surface area contributed by atoms with Crippen LogP contribution in [0, 0.1) is 5.82 Å². The SMILES string of the molecule is COc1ccc(CN(C(=O)COc2ccc(S(=O)(=O)Nc3ccc(F)cc3)cc2)[C@@H](Cc2ccccc2)C(=O)NC[C@@H]2CCCO2)cc1. The zero-order valence-electron chi connectivity index (χ0n) is 26.5. The molecule has 0 aliphatic carbocycles. The van der Waals surface area contributed by atoms with Crippen molar-refractivity contribution in [3.63, 3.8) is 0 Å². The van der Waals surface area contributed by atoms with Gasteiger partial charge < -0.3 is 24.4 Å². The molecule has 10 nitrogen and oxygen atoms in total. The first-order valence-electron chi connectivity index (χ1n) is 15.6. The molecule has 5 rings (SSSR count). The van der Waals surface area contributed by atoms with E-state index in [1.165, 1.54) is 41.3 Å². The molecule has 0 bridgehead atoms. The molecule has 0 radical (unpaired) electrons. The van der Waals surface area contributed by atoms with Gasteiger partial charge in [-0.25, -0.2) is 12.8 Å². The third-order valence-electron chi connectivity index (χ3n) is 7.90. The lowest BCUT2D eigenvalue weighted by molar-refractivity contribution is -0.143. The van der Waals surface area contributed by atoms with Gasteiger partial charge in [-0.2, -0.15) is 0 Å². The zero-order valence-corrected chi connectivity index (χ0v) is 27.3. The Labute approximate surface area is 279 Å². The van der Waals surface area contributed by atoms with Crippen molar-refractivity contribution in [1.29, 1.82) is 0 Å². The third-order valence-corrected chi connectivity index (χ3v) is 9.30. The van der Waals surface area contributed by atoms with Crippen LogP contribution in [0.3, 0.4) is 0 Å². The van der Waals surface area contributed by atoms with Gasteiger partial charge in [0.2, 0.25) is 5.91 Å². The molecule has 4 aromatic carbocycles. The molecule has 1 fully saturated rings. The first-order chi connectivity index (χ1) is 23.2. The number of carbonyl (C=O) groups excluding carboxylic acids is 2. The van der Waals surface area contributed by atoms with Gasteiger partial charge in [0.05, 0.1) is 18.1 Å². The maximum Gasteiger partial charge on any atom is 0.261 e. The minimum Gasteiger partial charge on any atom is -0.497 e. The van der Waals surface area contributed by atoms with Gasteiger partial charge in [0, 0.05) is 31.8 Å². The fraction of sp³-hybridized carbons (Fsp3) is 0.278. The van der Waals surface area contributed by atoms with Crippen LogP contribution in [0.2, 0.25) is 0 Å². The van der Waals surface area contributed by atoms with E-state index in [9.17, 15) is 22.4 Å². The van der Waals surface area contributed by atoms with Crippen molar-refractivity contribution in [3.8, 4) is 11.5 Å². The molecule has 2 atom stereocenters. The minimum atomic E-state index is -3.96. The molecule has 1 aliphatic heterocycles. The Bertz CT molecular complexity index is 1750. The number of anilines is 1. The molecule has 1 saturated heterocycles. The molecule has 1 heterocycles. The minimum absolute atomic E-state index is 0.0440. The number of sulfonamides is 1. The number of nitrogens with one attached hydrogen (secondary N) is 2. The summed E-state index contributed by atoms with van der Waals surface area (Å²) in [5.74, 6) is -0.306. The standard InChI is InChI=1S/C36H38FN3O7S/c1-45-30-15-9-27(10-16-30)24-40(34(22-26-6-3-2-4-7-26)36(42)38-23-32-8-5-21-46-32)35(41)25-47-31-17-19-33(20-18-31)48(43,44)39-29-13-11-28(37)12-14-29/h2-4,6-7,9-20,32,34,39H,5,8,21-25H2,1H3,(H,38,42)/t32-,34-/m0/s1. The summed E-state index contributed by atoms with van der Waals surface area (Å²) in [7, 11) is -2.39. The van der Waals surface area contributed by atoms with E-state index in [0.717, 1.165) is 36.1 Å². The number of hydrogen-bond acceptors (Lipinski definition) is 7. The van der Waals surface area contributed by atoms with E-state index >= 15 is 0 Å². The number of methoxy groups -OCH3 is 1. The van der Waals surface area contributed by atoms with Crippen LogP contribution in [0.5, 0.6) is 11.5 Å². The summed E-state index contributed by atoms with van der Waals surface area (Å²) in [6.07, 6.45) is 1.99. The van der Waals surface area contributed by atoms with Crippen LogP contribution in [-0.4, -0.2) is 64.1 Å². The monoisotopic (exact) mass is 675 g/mol. The predicted molar refractivity (Wildman–Crippen MR) is 179 cm³/mol. The summed E-state index contributed by atoms with van der Waals surface area (Å²) >= 11 is 0. The Balaban J connectivity index is 1.33. The Kier molecular flexibility index (Phi) is 11.6. The van der Waals surface area contributed by atoms with Crippen LogP contribution in [-0.2, 0) is 37.3 Å². The quantitative estimate of drug-likeness (QED) is 0.183. The van der Waals surface area contributed by atoms with E-state index in [-0.39, 0.29) is 41.3 Å². The van der Waals surface area contributed by atoms with Crippen LogP contribution in [0.1, 0.15) is 24.0 Å². The van der Waals surface area contributed by atoms with E-state index < -0.39 is 34.4 Å². The molecule has 0 spiro atoms. The maximum atomic E-state index is 13.9. The van der Waals surface area contributed by atoms with Gasteiger partial charge in [-0.1, -0.05) is 42.5 Å². The van der Waals surface area contributed by atoms with Crippen LogP contribution in [0.4, 0.5) is 10.1 Å². The van der Waals surface area contributed by atoms with Crippen LogP contribution >= 0.6 is 0 Å². The molecular formula is C36H38FN3O7S. The lowest BCUT2D eigenvalue weighted by Crippen LogP contribution is -2.52. The molecule has 12 heteroatoms. The van der Waals surface area contributed by atoms with Gasteiger partial charge in [-0.05, 0) is 84.6 Å². The highest BCUT2D eigenvalue weighted by molar-refractivity contribution is 7.92.